The molecule has 3 heteroatoms. The van der Waals surface area contributed by atoms with Crippen molar-refractivity contribution in [3.63, 3.8) is 0 Å². The van der Waals surface area contributed by atoms with Gasteiger partial charge in [0.2, 0.25) is 0 Å². The topological polar surface area (TPSA) is 27.3 Å². The summed E-state index contributed by atoms with van der Waals surface area (Å²) in [5, 5.41) is 7.05. The van der Waals surface area contributed by atoms with Gasteiger partial charge in [-0.3, -0.25) is 0 Å². The summed E-state index contributed by atoms with van der Waals surface area (Å²) in [4.78, 5) is 2.39. The highest BCUT2D eigenvalue weighted by atomic mass is 15.2. The largest absolute Gasteiger partial charge is 0.387 e. The van der Waals surface area contributed by atoms with Gasteiger partial charge in [-0.25, -0.2) is 0 Å². The van der Waals surface area contributed by atoms with Gasteiger partial charge >= 0.3 is 0 Å². The van der Waals surface area contributed by atoms with Gasteiger partial charge in [-0.15, -0.1) is 0 Å². The third-order valence-corrected chi connectivity index (χ3v) is 15.0. The maximum absolute atomic E-state index is 4.46. The van der Waals surface area contributed by atoms with E-state index in [1.54, 1.807) is 6.08 Å². The number of rotatable bonds is 23. The Morgan fingerprint density at radius 3 is 1.57 bits per heavy atom. The van der Waals surface area contributed by atoms with Gasteiger partial charge in [0.15, 0.2) is 0 Å². The lowest BCUT2D eigenvalue weighted by Crippen LogP contribution is -2.37. The minimum absolute atomic E-state index is 0.249. The number of nitrogens with one attached hydrogen (secondary N) is 2. The van der Waals surface area contributed by atoms with Crippen LogP contribution in [0.4, 0.5) is 0 Å². The Hall–Kier alpha value is -3.72. The van der Waals surface area contributed by atoms with Crippen LogP contribution in [0.2, 0.25) is 0 Å². The second-order valence-electron chi connectivity index (χ2n) is 26.2. The van der Waals surface area contributed by atoms with Crippen LogP contribution in [-0.2, 0) is 6.42 Å². The smallest absolute Gasteiger partial charge is 0.0653 e. The highest BCUT2D eigenvalue weighted by Crippen LogP contribution is 2.47. The lowest BCUT2D eigenvalue weighted by atomic mass is 9.72. The van der Waals surface area contributed by atoms with Gasteiger partial charge in [0, 0.05) is 35.9 Å². The van der Waals surface area contributed by atoms with E-state index in [2.05, 4.69) is 257 Å². The van der Waals surface area contributed by atoms with Gasteiger partial charge in [0.05, 0.1) is 6.04 Å². The number of hydrogen-bond acceptors (Lipinski definition) is 3. The summed E-state index contributed by atoms with van der Waals surface area (Å²) in [6.45, 7) is 96.0. The summed E-state index contributed by atoms with van der Waals surface area (Å²) < 4.78 is 0. The molecule has 1 aromatic carbocycles. The molecule has 0 bridgehead atoms. The van der Waals surface area contributed by atoms with E-state index >= 15 is 0 Å². The summed E-state index contributed by atoms with van der Waals surface area (Å²) in [7, 11) is 0. The first kappa shape index (κ1) is 91.0. The molecule has 0 heterocycles. The van der Waals surface area contributed by atoms with Crippen LogP contribution in [-0.4, -0.2) is 23.5 Å². The molecule has 476 valence electrons. The molecule has 0 aromatic heterocycles. The third-order valence-electron chi connectivity index (χ3n) is 15.0. The molecule has 7 atom stereocenters. The highest BCUT2D eigenvalue weighted by molar-refractivity contribution is 5.21. The van der Waals surface area contributed by atoms with Crippen LogP contribution < -0.4 is 10.6 Å². The lowest BCUT2D eigenvalue weighted by Gasteiger charge is -2.33. The summed E-state index contributed by atoms with van der Waals surface area (Å²) in [5.41, 5.74) is 11.2. The molecule has 1 saturated carbocycles. The number of unbranched alkanes of at least 4 members (excludes halogenated alkanes) is 1. The van der Waals surface area contributed by atoms with E-state index in [0.717, 1.165) is 73.1 Å². The van der Waals surface area contributed by atoms with Crippen LogP contribution in [0.3, 0.4) is 0 Å². The van der Waals surface area contributed by atoms with Crippen molar-refractivity contribution in [2.45, 2.75) is 291 Å². The monoisotopic (exact) mass is 1130 g/mol. The Morgan fingerprint density at radius 1 is 0.716 bits per heavy atom. The van der Waals surface area contributed by atoms with Gasteiger partial charge in [-0.05, 0) is 142 Å². The van der Waals surface area contributed by atoms with Gasteiger partial charge in [0.25, 0.3) is 0 Å². The predicted molar refractivity (Wildman–Crippen MR) is 382 cm³/mol. The van der Waals surface area contributed by atoms with E-state index in [4.69, 9.17) is 0 Å². The number of hydrogen-bond donors (Lipinski definition) is 2. The molecular weight excluding hydrogens is 979 g/mol. The Morgan fingerprint density at radius 2 is 1.20 bits per heavy atom. The molecule has 1 aromatic rings. The van der Waals surface area contributed by atoms with Gasteiger partial charge in [0.1, 0.15) is 0 Å². The molecule has 81 heavy (non-hydrogen) atoms. The lowest BCUT2D eigenvalue weighted by molar-refractivity contribution is 0.215. The van der Waals surface area contributed by atoms with E-state index in [9.17, 15) is 0 Å². The first-order valence-corrected chi connectivity index (χ1v) is 32.8. The van der Waals surface area contributed by atoms with Gasteiger partial charge < -0.3 is 15.5 Å². The SMILES string of the molecule is C=C(C)/C=C\N(C(=C)C)C1CC(C(C)C(C)C(=C)CC(C)(C)C)C(C)C1C.C=C/C=C\C=C(/C)CCC(=C)NC(CC(C)C)C(=C)NCCCC.CC.CC.CC.CC.CC(C)C(C)(C)C.CCC(C)(C)C.CCc1ccc(C)cc1. The Labute approximate surface area is 513 Å². The summed E-state index contributed by atoms with van der Waals surface area (Å²) in [5.74, 6) is 4.70. The maximum Gasteiger partial charge on any atom is 0.0653 e. The molecule has 0 spiro atoms. The molecule has 1 aliphatic rings. The van der Waals surface area contributed by atoms with E-state index in [-0.39, 0.29) is 6.04 Å². The molecule has 1 aliphatic carbocycles. The highest BCUT2D eigenvalue weighted by Gasteiger charge is 2.44. The van der Waals surface area contributed by atoms with Crippen molar-refractivity contribution in [1.82, 2.24) is 15.5 Å². The second kappa shape index (κ2) is 53.0. The standard InChI is InChI=1S/C26H45N.C22H38N2.C9H12.C7H16.C6H14.4C2H6/c1-17(2)13-14-27(18(3)4)25-15-24(22(8)23(25)9)21(7)20(6)19(5)16-26(10,11)12;1-8-10-12-13-19(5)14-15-20(6)24-22(17-18(3)4)21(7)23-16-11-9-2;1-3-9-6-4-8(2)5-7-9;1-6(2)7(3,4)5;1-5-6(2,3)4;4*1-2/h13-14,20-25H,1,3,5,15-16H2,2,4,6-12H3;8,10,12-13,18,22-24H,1,6-7,9,11,14-17H2,2-5H3;4-7H,3H2,1-2H3;6H,1-5H3;5H2,1-4H3;4*1-2H3/b14-13-;12-10-,19-13+;;;;;;;. The molecule has 0 radical (unpaired) electrons. The molecule has 2 rings (SSSR count). The number of benzene rings is 1. The maximum atomic E-state index is 4.46. The summed E-state index contributed by atoms with van der Waals surface area (Å²) in [6, 6.07) is 9.42. The Balaban J connectivity index is -0.000000182. The van der Waals surface area contributed by atoms with Crippen molar-refractivity contribution >= 4 is 0 Å². The van der Waals surface area contributed by atoms with Crippen molar-refractivity contribution in [2.75, 3.05) is 6.54 Å². The van der Waals surface area contributed by atoms with Gasteiger partial charge in [-0.2, -0.15) is 0 Å². The van der Waals surface area contributed by atoms with Gasteiger partial charge in [-0.1, -0.05) is 317 Å². The molecule has 0 saturated heterocycles. The van der Waals surface area contributed by atoms with Crippen molar-refractivity contribution in [3.8, 4) is 0 Å². The molecule has 0 aliphatic heterocycles. The Bertz CT molecular complexity index is 1790. The van der Waals surface area contributed by atoms with E-state index in [1.165, 1.54) is 48.0 Å². The minimum atomic E-state index is 0.249. The predicted octanol–water partition coefficient (Wildman–Crippen LogP) is 25.5. The zero-order chi connectivity index (χ0) is 65.4. The average molecular weight is 1130 g/mol. The fourth-order valence-electron chi connectivity index (χ4n) is 8.00. The quantitative estimate of drug-likeness (QED) is 0.0650. The molecular formula is C78H149N3. The van der Waals surface area contributed by atoms with Crippen LogP contribution in [0, 0.1) is 64.6 Å². The van der Waals surface area contributed by atoms with E-state index in [1.807, 2.05) is 74.5 Å². The molecule has 2 N–H and O–H groups in total. The molecule has 1 fully saturated rings. The molecule has 3 nitrogen and oxygen atoms in total. The van der Waals surface area contributed by atoms with E-state index < -0.39 is 0 Å². The number of aryl methyl sites for hydroxylation is 2. The molecule has 7 unspecified atom stereocenters. The van der Waals surface area contributed by atoms with Crippen molar-refractivity contribution in [3.05, 3.63) is 145 Å². The van der Waals surface area contributed by atoms with E-state index in [0.29, 0.717) is 51.9 Å². The van der Waals surface area contributed by atoms with Crippen LogP contribution in [0.25, 0.3) is 0 Å². The van der Waals surface area contributed by atoms with Crippen molar-refractivity contribution in [1.29, 1.82) is 0 Å². The fraction of sp³-hybridized carbons (Fsp3) is 0.692. The molecule has 0 amide bonds. The van der Waals surface area contributed by atoms with Crippen LogP contribution in [0.5, 0.6) is 0 Å². The first-order valence-electron chi connectivity index (χ1n) is 32.8. The summed E-state index contributed by atoms with van der Waals surface area (Å²) >= 11 is 0. The second-order valence-corrected chi connectivity index (χ2v) is 26.2. The van der Waals surface area contributed by atoms with Crippen LogP contribution in [0.15, 0.2) is 134 Å². The number of allylic oxidation sites excluding steroid dienone is 10. The zero-order valence-corrected chi connectivity index (χ0v) is 61.2. The van der Waals surface area contributed by atoms with Crippen LogP contribution in [0.1, 0.15) is 277 Å². The third kappa shape index (κ3) is 51.6. The minimum Gasteiger partial charge on any atom is -0.387 e. The Kier molecular flexibility index (Phi) is 59.6. The normalized spacial score (nSPS) is 16.6. The van der Waals surface area contributed by atoms with Crippen molar-refractivity contribution < 1.29 is 0 Å². The average Bonchev–Trinajstić information content (AvgIpc) is 3.69. The first-order chi connectivity index (χ1) is 37.5. The zero-order valence-electron chi connectivity index (χ0n) is 61.2. The summed E-state index contributed by atoms with van der Waals surface area (Å²) in [6.07, 6.45) is 22.3. The van der Waals surface area contributed by atoms with Crippen LogP contribution >= 0.6 is 0 Å². The number of nitrogens with zero attached hydrogens (tertiary/aromatic N) is 1. The fourth-order valence-corrected chi connectivity index (χ4v) is 8.00. The van der Waals surface area contributed by atoms with Crippen molar-refractivity contribution in [2.24, 2.45) is 57.7 Å².